The maximum absolute atomic E-state index is 10.5. The SMILES string of the molecule is CSCC[C@H](NC(C)=O)C(=O)O.CSCC[C@H](NC(C)=O)C(=O)O. The zero-order valence-electron chi connectivity index (χ0n) is 14.3. The molecule has 0 heterocycles. The highest BCUT2D eigenvalue weighted by atomic mass is 32.2. The summed E-state index contributed by atoms with van der Waals surface area (Å²) in [7, 11) is 0. The van der Waals surface area contributed by atoms with Gasteiger partial charge in [-0.2, -0.15) is 23.5 Å². The van der Waals surface area contributed by atoms with Gasteiger partial charge in [-0.15, -0.1) is 0 Å². The van der Waals surface area contributed by atoms with Crippen molar-refractivity contribution in [2.24, 2.45) is 0 Å². The first-order valence-corrected chi connectivity index (χ1v) is 9.92. The summed E-state index contributed by atoms with van der Waals surface area (Å²) in [6.45, 7) is 2.63. The summed E-state index contributed by atoms with van der Waals surface area (Å²) in [5.74, 6) is -1.08. The van der Waals surface area contributed by atoms with Gasteiger partial charge in [-0.3, -0.25) is 9.59 Å². The molecule has 0 aliphatic carbocycles. The van der Waals surface area contributed by atoms with Gasteiger partial charge in [0.1, 0.15) is 12.1 Å². The van der Waals surface area contributed by atoms with E-state index in [1.54, 1.807) is 23.5 Å². The molecule has 2 amide bonds. The average molecular weight is 383 g/mol. The molecule has 8 nitrogen and oxygen atoms in total. The molecule has 0 aromatic heterocycles. The summed E-state index contributed by atoms with van der Waals surface area (Å²) < 4.78 is 0. The van der Waals surface area contributed by atoms with Crippen LogP contribution in [0.4, 0.5) is 0 Å². The van der Waals surface area contributed by atoms with E-state index in [1.165, 1.54) is 13.8 Å². The number of carboxylic acids is 2. The lowest BCUT2D eigenvalue weighted by molar-refractivity contribution is -0.142. The van der Waals surface area contributed by atoms with Crippen molar-refractivity contribution >= 4 is 47.3 Å². The van der Waals surface area contributed by atoms with Gasteiger partial charge in [0.2, 0.25) is 11.8 Å². The Labute approximate surface area is 150 Å². The lowest BCUT2D eigenvalue weighted by atomic mass is 10.2. The van der Waals surface area contributed by atoms with Gasteiger partial charge in [0.15, 0.2) is 0 Å². The molecule has 4 N–H and O–H groups in total. The Hall–Kier alpha value is -1.42. The maximum Gasteiger partial charge on any atom is 0.326 e. The number of aliphatic carboxylic acids is 2. The molecule has 0 spiro atoms. The van der Waals surface area contributed by atoms with E-state index < -0.39 is 24.0 Å². The molecule has 0 radical (unpaired) electrons. The van der Waals surface area contributed by atoms with E-state index in [2.05, 4.69) is 10.6 Å². The Kier molecular flexibility index (Phi) is 15.6. The summed E-state index contributed by atoms with van der Waals surface area (Å²) in [4.78, 5) is 42.1. The van der Waals surface area contributed by atoms with Gasteiger partial charge in [-0.1, -0.05) is 0 Å². The molecule has 10 heteroatoms. The maximum atomic E-state index is 10.5. The first-order valence-electron chi connectivity index (χ1n) is 7.13. The molecule has 24 heavy (non-hydrogen) atoms. The van der Waals surface area contributed by atoms with Crippen LogP contribution in [0.5, 0.6) is 0 Å². The van der Waals surface area contributed by atoms with Crippen LogP contribution in [0.3, 0.4) is 0 Å². The molecule has 0 rings (SSSR count). The van der Waals surface area contributed by atoms with Crippen molar-refractivity contribution in [2.75, 3.05) is 24.0 Å². The standard InChI is InChI=1S/2C7H13NO3S/c2*1-5(9)8-6(7(10)11)3-4-12-2/h2*6H,3-4H2,1-2H3,(H,8,9)(H,10,11)/t2*6-/m00/s1. The number of hydrogen-bond acceptors (Lipinski definition) is 6. The quantitative estimate of drug-likeness (QED) is 0.433. The lowest BCUT2D eigenvalue weighted by Gasteiger charge is -2.11. The Balaban J connectivity index is 0. The fourth-order valence-corrected chi connectivity index (χ4v) is 2.42. The van der Waals surface area contributed by atoms with Crippen molar-refractivity contribution in [1.29, 1.82) is 0 Å². The zero-order chi connectivity index (χ0) is 19.1. The fraction of sp³-hybridized carbons (Fsp3) is 0.714. The zero-order valence-corrected chi connectivity index (χ0v) is 16.0. The Morgan fingerprint density at radius 2 is 1.08 bits per heavy atom. The number of carbonyl (C=O) groups excluding carboxylic acids is 2. The number of hydrogen-bond donors (Lipinski definition) is 4. The van der Waals surface area contributed by atoms with Crippen LogP contribution in [0.2, 0.25) is 0 Å². The third-order valence-corrected chi connectivity index (χ3v) is 3.86. The second kappa shape index (κ2) is 15.1. The van der Waals surface area contributed by atoms with Gasteiger partial charge in [-0.25, -0.2) is 9.59 Å². The summed E-state index contributed by atoms with van der Waals surface area (Å²) in [6.07, 6.45) is 4.73. The molecule has 0 aliphatic rings. The van der Waals surface area contributed by atoms with Crippen molar-refractivity contribution in [2.45, 2.75) is 38.8 Å². The molecule has 140 valence electrons. The normalized spacial score (nSPS) is 12.2. The minimum atomic E-state index is -0.973. The number of carboxylic acid groups (broad SMARTS) is 2. The number of rotatable bonds is 10. The van der Waals surface area contributed by atoms with Gasteiger partial charge >= 0.3 is 11.9 Å². The van der Waals surface area contributed by atoms with Crippen molar-refractivity contribution in [1.82, 2.24) is 10.6 Å². The van der Waals surface area contributed by atoms with E-state index in [4.69, 9.17) is 10.2 Å². The Bertz CT molecular complexity index is 382. The van der Waals surface area contributed by atoms with Crippen LogP contribution in [0.25, 0.3) is 0 Å². The van der Waals surface area contributed by atoms with E-state index in [1.807, 2.05) is 12.5 Å². The van der Waals surface area contributed by atoms with E-state index in [9.17, 15) is 19.2 Å². The van der Waals surface area contributed by atoms with Gasteiger partial charge in [0.05, 0.1) is 0 Å². The van der Waals surface area contributed by atoms with E-state index in [-0.39, 0.29) is 11.8 Å². The Morgan fingerprint density at radius 3 is 1.25 bits per heavy atom. The fourth-order valence-electron chi connectivity index (χ4n) is 1.48. The molecular formula is C14H26N2O6S2. The van der Waals surface area contributed by atoms with Crippen LogP contribution in [-0.2, 0) is 19.2 Å². The second-order valence-corrected chi connectivity index (χ2v) is 6.72. The van der Waals surface area contributed by atoms with Crippen molar-refractivity contribution < 1.29 is 29.4 Å². The summed E-state index contributed by atoms with van der Waals surface area (Å²) in [6, 6.07) is -1.48. The van der Waals surface area contributed by atoms with Crippen molar-refractivity contribution in [3.63, 3.8) is 0 Å². The smallest absolute Gasteiger partial charge is 0.326 e. The molecular weight excluding hydrogens is 356 g/mol. The molecule has 0 fully saturated rings. The third kappa shape index (κ3) is 15.5. The van der Waals surface area contributed by atoms with Gasteiger partial charge in [0.25, 0.3) is 0 Å². The first-order chi connectivity index (χ1) is 11.1. The largest absolute Gasteiger partial charge is 0.480 e. The predicted octanol–water partition coefficient (Wildman–Crippen LogP) is 0.658. The highest BCUT2D eigenvalue weighted by Gasteiger charge is 2.17. The van der Waals surface area contributed by atoms with E-state index >= 15 is 0 Å². The molecule has 0 saturated heterocycles. The monoisotopic (exact) mass is 382 g/mol. The summed E-state index contributed by atoms with van der Waals surface area (Å²) >= 11 is 3.12. The predicted molar refractivity (Wildman–Crippen MR) is 96.5 cm³/mol. The number of amides is 2. The first kappa shape index (κ1) is 24.8. The summed E-state index contributed by atoms with van der Waals surface area (Å²) in [5.41, 5.74) is 0. The van der Waals surface area contributed by atoms with E-state index in [0.717, 1.165) is 11.5 Å². The van der Waals surface area contributed by atoms with Crippen molar-refractivity contribution in [3.05, 3.63) is 0 Å². The number of carbonyl (C=O) groups is 4. The average Bonchev–Trinajstić information content (AvgIpc) is 2.47. The minimum absolute atomic E-state index is 0.302. The van der Waals surface area contributed by atoms with Crippen LogP contribution in [0, 0.1) is 0 Å². The minimum Gasteiger partial charge on any atom is -0.480 e. The molecule has 0 aromatic carbocycles. The molecule has 0 saturated carbocycles. The van der Waals surface area contributed by atoms with Gasteiger partial charge in [0, 0.05) is 13.8 Å². The third-order valence-electron chi connectivity index (χ3n) is 2.57. The molecule has 0 aliphatic heterocycles. The van der Waals surface area contributed by atoms with Crippen LogP contribution >= 0.6 is 23.5 Å². The van der Waals surface area contributed by atoms with Gasteiger partial charge < -0.3 is 20.8 Å². The lowest BCUT2D eigenvalue weighted by Crippen LogP contribution is -2.39. The molecule has 0 aromatic rings. The second-order valence-electron chi connectivity index (χ2n) is 4.75. The van der Waals surface area contributed by atoms with Crippen LogP contribution in [0.1, 0.15) is 26.7 Å². The van der Waals surface area contributed by atoms with E-state index in [0.29, 0.717) is 12.8 Å². The number of nitrogens with one attached hydrogen (secondary N) is 2. The summed E-state index contributed by atoms with van der Waals surface area (Å²) in [5, 5.41) is 22.0. The highest BCUT2D eigenvalue weighted by molar-refractivity contribution is 7.98. The number of thioether (sulfide) groups is 2. The van der Waals surface area contributed by atoms with Crippen LogP contribution in [-0.4, -0.2) is 70.1 Å². The topological polar surface area (TPSA) is 133 Å². The van der Waals surface area contributed by atoms with Gasteiger partial charge in [-0.05, 0) is 36.9 Å². The molecule has 0 bridgehead atoms. The molecule has 2 atom stereocenters. The molecule has 0 unspecified atom stereocenters. The Morgan fingerprint density at radius 1 is 0.792 bits per heavy atom. The highest BCUT2D eigenvalue weighted by Crippen LogP contribution is 2.01. The van der Waals surface area contributed by atoms with Crippen LogP contribution in [0.15, 0.2) is 0 Å². The van der Waals surface area contributed by atoms with Crippen molar-refractivity contribution in [3.8, 4) is 0 Å². The van der Waals surface area contributed by atoms with Crippen LogP contribution < -0.4 is 10.6 Å².